The van der Waals surface area contributed by atoms with E-state index in [0.717, 1.165) is 32.4 Å². The predicted molar refractivity (Wildman–Crippen MR) is 89.3 cm³/mol. The van der Waals surface area contributed by atoms with Gasteiger partial charge in [0.15, 0.2) is 0 Å². The Bertz CT molecular complexity index is 698. The van der Waals surface area contributed by atoms with Crippen LogP contribution in [0.5, 0.6) is 0 Å². The number of nitrogens with zero attached hydrogens (tertiary/aromatic N) is 1. The Morgan fingerprint density at radius 3 is 2.46 bits per heavy atom. The number of benzene rings is 1. The third kappa shape index (κ3) is 3.32. The normalized spacial score (nSPS) is 29.5. The third-order valence-electron chi connectivity index (χ3n) is 5.72. The number of esters is 1. The van der Waals surface area contributed by atoms with Crippen LogP contribution in [0.25, 0.3) is 0 Å². The SMILES string of the molecule is O=C1OCC[C@H]1N1CCC(NC(=O)[C@@H]2C[C@@H]2c2c(F)cccc2F)CC1. The lowest BCUT2D eigenvalue weighted by molar-refractivity contribution is -0.142. The molecular formula is C19H22F2N2O3. The van der Waals surface area contributed by atoms with Crippen molar-refractivity contribution in [1.82, 2.24) is 10.2 Å². The van der Waals surface area contributed by atoms with Crippen molar-refractivity contribution < 1.29 is 23.1 Å². The molecule has 1 saturated carbocycles. The summed E-state index contributed by atoms with van der Waals surface area (Å²) in [5.74, 6) is -2.17. The van der Waals surface area contributed by atoms with Gasteiger partial charge in [-0.3, -0.25) is 14.5 Å². The first-order valence-corrected chi connectivity index (χ1v) is 9.19. The standard InChI is InChI=1S/C19H22F2N2O3/c20-14-2-1-3-15(21)17(14)12-10-13(12)18(24)22-11-4-7-23(8-5-11)16-6-9-26-19(16)25/h1-3,11-13,16H,4-10H2,(H,22,24)/t12-,13+,16+/m0/s1. The Morgan fingerprint density at radius 1 is 1.15 bits per heavy atom. The minimum atomic E-state index is -0.581. The Balaban J connectivity index is 1.28. The van der Waals surface area contributed by atoms with Crippen LogP contribution in [0.1, 0.15) is 37.2 Å². The smallest absolute Gasteiger partial charge is 0.323 e. The molecular weight excluding hydrogens is 342 g/mol. The molecule has 1 aromatic rings. The molecule has 3 atom stereocenters. The maximum Gasteiger partial charge on any atom is 0.323 e. The van der Waals surface area contributed by atoms with E-state index in [2.05, 4.69) is 10.2 Å². The van der Waals surface area contributed by atoms with E-state index < -0.39 is 11.6 Å². The molecule has 4 rings (SSSR count). The number of amides is 1. The van der Waals surface area contributed by atoms with Crippen LogP contribution in [-0.2, 0) is 14.3 Å². The number of piperidine rings is 1. The molecule has 7 heteroatoms. The van der Waals surface area contributed by atoms with Crippen molar-refractivity contribution in [2.45, 2.75) is 43.7 Å². The van der Waals surface area contributed by atoms with E-state index in [-0.39, 0.29) is 41.4 Å². The van der Waals surface area contributed by atoms with Crippen LogP contribution < -0.4 is 5.32 Å². The summed E-state index contributed by atoms with van der Waals surface area (Å²) in [4.78, 5) is 26.2. The van der Waals surface area contributed by atoms with E-state index in [1.807, 2.05) is 0 Å². The van der Waals surface area contributed by atoms with Gasteiger partial charge in [0.1, 0.15) is 17.7 Å². The van der Waals surface area contributed by atoms with E-state index in [0.29, 0.717) is 13.0 Å². The van der Waals surface area contributed by atoms with Crippen LogP contribution in [0.3, 0.4) is 0 Å². The second kappa shape index (κ2) is 6.95. The summed E-state index contributed by atoms with van der Waals surface area (Å²) in [5.41, 5.74) is 0.0298. The maximum atomic E-state index is 13.8. The number of nitrogens with one attached hydrogen (secondary N) is 1. The van der Waals surface area contributed by atoms with E-state index in [9.17, 15) is 18.4 Å². The summed E-state index contributed by atoms with van der Waals surface area (Å²) in [6.07, 6.45) is 2.74. The number of likely N-dealkylation sites (tertiary alicyclic amines) is 1. The van der Waals surface area contributed by atoms with Crippen molar-refractivity contribution >= 4 is 11.9 Å². The monoisotopic (exact) mass is 364 g/mol. The van der Waals surface area contributed by atoms with Crippen LogP contribution in [0.15, 0.2) is 18.2 Å². The highest BCUT2D eigenvalue weighted by Gasteiger charge is 2.47. The second-order valence-electron chi connectivity index (χ2n) is 7.37. The zero-order valence-electron chi connectivity index (χ0n) is 14.4. The molecule has 1 aliphatic carbocycles. The quantitative estimate of drug-likeness (QED) is 0.830. The zero-order valence-corrected chi connectivity index (χ0v) is 14.4. The van der Waals surface area contributed by atoms with Crippen LogP contribution in [0, 0.1) is 17.6 Å². The average Bonchev–Trinajstić information content (AvgIpc) is 3.29. The first-order valence-electron chi connectivity index (χ1n) is 9.19. The third-order valence-corrected chi connectivity index (χ3v) is 5.72. The lowest BCUT2D eigenvalue weighted by Gasteiger charge is -2.34. The van der Waals surface area contributed by atoms with Gasteiger partial charge in [0.25, 0.3) is 0 Å². The summed E-state index contributed by atoms with van der Waals surface area (Å²) in [6.45, 7) is 1.96. The number of hydrogen-bond donors (Lipinski definition) is 1. The fourth-order valence-electron chi connectivity index (χ4n) is 4.15. The number of rotatable bonds is 4. The number of carbonyl (C=O) groups is 2. The van der Waals surface area contributed by atoms with Crippen molar-refractivity contribution in [2.75, 3.05) is 19.7 Å². The molecule has 2 heterocycles. The van der Waals surface area contributed by atoms with E-state index in [1.54, 1.807) is 0 Å². The average molecular weight is 364 g/mol. The van der Waals surface area contributed by atoms with Crippen molar-refractivity contribution in [3.05, 3.63) is 35.4 Å². The molecule has 2 aliphatic heterocycles. The highest BCUT2D eigenvalue weighted by Crippen LogP contribution is 2.49. The molecule has 0 bridgehead atoms. The molecule has 1 amide bonds. The van der Waals surface area contributed by atoms with Crippen molar-refractivity contribution in [3.8, 4) is 0 Å². The Hall–Kier alpha value is -2.02. The van der Waals surface area contributed by atoms with E-state index in [1.165, 1.54) is 18.2 Å². The summed E-state index contributed by atoms with van der Waals surface area (Å²) < 4.78 is 32.7. The molecule has 5 nitrogen and oxygen atoms in total. The minimum Gasteiger partial charge on any atom is -0.464 e. The highest BCUT2D eigenvalue weighted by atomic mass is 19.1. The number of cyclic esters (lactones) is 1. The molecule has 140 valence electrons. The van der Waals surface area contributed by atoms with Gasteiger partial charge in [-0.2, -0.15) is 0 Å². The fraction of sp³-hybridized carbons (Fsp3) is 0.579. The summed E-state index contributed by atoms with van der Waals surface area (Å²) >= 11 is 0. The molecule has 1 aromatic carbocycles. The largest absolute Gasteiger partial charge is 0.464 e. The van der Waals surface area contributed by atoms with Gasteiger partial charge in [-0.05, 0) is 31.4 Å². The molecule has 3 fully saturated rings. The second-order valence-corrected chi connectivity index (χ2v) is 7.37. The first-order chi connectivity index (χ1) is 12.5. The molecule has 3 aliphatic rings. The van der Waals surface area contributed by atoms with Gasteiger partial charge in [-0.1, -0.05) is 6.07 Å². The highest BCUT2D eigenvalue weighted by molar-refractivity contribution is 5.83. The number of hydrogen-bond acceptors (Lipinski definition) is 4. The van der Waals surface area contributed by atoms with Crippen LogP contribution in [-0.4, -0.2) is 48.6 Å². The van der Waals surface area contributed by atoms with Gasteiger partial charge in [0.05, 0.1) is 6.61 Å². The zero-order chi connectivity index (χ0) is 18.3. The number of carbonyl (C=O) groups excluding carboxylic acids is 2. The minimum absolute atomic E-state index is 0.0298. The van der Waals surface area contributed by atoms with E-state index in [4.69, 9.17) is 4.74 Å². The lowest BCUT2D eigenvalue weighted by atomic mass is 10.0. The number of ether oxygens (including phenoxy) is 1. The molecule has 1 N–H and O–H groups in total. The van der Waals surface area contributed by atoms with Gasteiger partial charge >= 0.3 is 5.97 Å². The first kappa shape index (κ1) is 17.4. The maximum absolute atomic E-state index is 13.8. The summed E-state index contributed by atoms with van der Waals surface area (Å²) in [6, 6.07) is 3.69. The van der Waals surface area contributed by atoms with Crippen LogP contribution in [0.2, 0.25) is 0 Å². The number of halogens is 2. The predicted octanol–water partition coefficient (Wildman–Crippen LogP) is 1.96. The van der Waals surface area contributed by atoms with E-state index >= 15 is 0 Å². The topological polar surface area (TPSA) is 58.6 Å². The molecule has 0 spiro atoms. The molecule has 2 saturated heterocycles. The fourth-order valence-corrected chi connectivity index (χ4v) is 4.15. The van der Waals surface area contributed by atoms with Crippen molar-refractivity contribution in [1.29, 1.82) is 0 Å². The van der Waals surface area contributed by atoms with Crippen molar-refractivity contribution in [2.24, 2.45) is 5.92 Å². The summed E-state index contributed by atoms with van der Waals surface area (Å²) in [5, 5.41) is 3.02. The Morgan fingerprint density at radius 2 is 1.85 bits per heavy atom. The molecule has 0 radical (unpaired) electrons. The van der Waals surface area contributed by atoms with Crippen molar-refractivity contribution in [3.63, 3.8) is 0 Å². The van der Waals surface area contributed by atoms with Gasteiger partial charge in [0, 0.05) is 43.0 Å². The summed E-state index contributed by atoms with van der Waals surface area (Å²) in [7, 11) is 0. The van der Waals surface area contributed by atoms with Crippen LogP contribution in [0.4, 0.5) is 8.78 Å². The van der Waals surface area contributed by atoms with Gasteiger partial charge in [-0.15, -0.1) is 0 Å². The molecule has 0 unspecified atom stereocenters. The van der Waals surface area contributed by atoms with Crippen LogP contribution >= 0.6 is 0 Å². The van der Waals surface area contributed by atoms with Gasteiger partial charge in [-0.25, -0.2) is 8.78 Å². The van der Waals surface area contributed by atoms with Gasteiger partial charge < -0.3 is 10.1 Å². The lowest BCUT2D eigenvalue weighted by Crippen LogP contribution is -2.49. The molecule has 0 aromatic heterocycles. The van der Waals surface area contributed by atoms with Gasteiger partial charge in [0.2, 0.25) is 5.91 Å². The molecule has 26 heavy (non-hydrogen) atoms. The Kier molecular flexibility index (Phi) is 4.65. The Labute approximate surface area is 150 Å².